The van der Waals surface area contributed by atoms with Crippen molar-refractivity contribution in [2.45, 2.75) is 44.4 Å². The van der Waals surface area contributed by atoms with Crippen molar-refractivity contribution in [3.63, 3.8) is 0 Å². The lowest BCUT2D eigenvalue weighted by Gasteiger charge is -2.20. The van der Waals surface area contributed by atoms with Gasteiger partial charge in [0.25, 0.3) is 5.56 Å². The normalized spacial score (nSPS) is 16.4. The van der Waals surface area contributed by atoms with Crippen LogP contribution in [-0.2, 0) is 18.8 Å². The summed E-state index contributed by atoms with van der Waals surface area (Å²) < 4.78 is 56.2. The first kappa shape index (κ1) is 21.0. The molecule has 0 radical (unpaired) electrons. The van der Waals surface area contributed by atoms with Crippen LogP contribution in [0, 0.1) is 5.82 Å². The van der Waals surface area contributed by atoms with E-state index in [9.17, 15) is 27.2 Å². The molecule has 4 rings (SSSR count). The van der Waals surface area contributed by atoms with Crippen molar-refractivity contribution >= 4 is 16.7 Å². The molecule has 3 aromatic rings. The predicted molar refractivity (Wildman–Crippen MR) is 105 cm³/mol. The van der Waals surface area contributed by atoms with Gasteiger partial charge in [-0.1, -0.05) is 12.1 Å². The van der Waals surface area contributed by atoms with E-state index in [-0.39, 0.29) is 22.3 Å². The van der Waals surface area contributed by atoms with Crippen LogP contribution in [0.5, 0.6) is 0 Å². The second-order valence-electron chi connectivity index (χ2n) is 8.00. The van der Waals surface area contributed by atoms with E-state index in [0.717, 1.165) is 23.6 Å². The van der Waals surface area contributed by atoms with Crippen LogP contribution in [0.4, 0.5) is 23.4 Å². The molecule has 11 heteroatoms. The molecule has 0 saturated heterocycles. The highest BCUT2D eigenvalue weighted by Gasteiger charge is 2.40. The maximum atomic E-state index is 14.6. The van der Waals surface area contributed by atoms with Gasteiger partial charge in [0.05, 0.1) is 17.0 Å². The number of halogens is 4. The first-order valence-electron chi connectivity index (χ1n) is 9.56. The number of rotatable bonds is 4. The molecule has 1 aliphatic rings. The maximum absolute atomic E-state index is 14.6. The molecule has 1 fully saturated rings. The zero-order valence-electron chi connectivity index (χ0n) is 16.9. The summed E-state index contributed by atoms with van der Waals surface area (Å²) >= 11 is 0. The van der Waals surface area contributed by atoms with Gasteiger partial charge < -0.3 is 5.32 Å². The number of aromatic nitrogens is 4. The van der Waals surface area contributed by atoms with Crippen LogP contribution >= 0.6 is 0 Å². The molecular weight excluding hydrogens is 418 g/mol. The first-order valence-corrected chi connectivity index (χ1v) is 9.56. The number of hydrogen-bond donors (Lipinski definition) is 1. The zero-order valence-corrected chi connectivity index (χ0v) is 16.9. The average Bonchev–Trinajstić information content (AvgIpc) is 3.43. The van der Waals surface area contributed by atoms with E-state index in [4.69, 9.17) is 0 Å². The van der Waals surface area contributed by atoms with Gasteiger partial charge in [-0.2, -0.15) is 23.3 Å². The van der Waals surface area contributed by atoms with Crippen molar-refractivity contribution in [3.05, 3.63) is 62.2 Å². The van der Waals surface area contributed by atoms with E-state index < -0.39 is 40.4 Å². The van der Waals surface area contributed by atoms with Gasteiger partial charge in [-0.05, 0) is 32.8 Å². The Kier molecular flexibility index (Phi) is 4.67. The molecule has 31 heavy (non-hydrogen) atoms. The Morgan fingerprint density at radius 1 is 1.23 bits per heavy atom. The molecule has 1 N–H and O–H groups in total. The Bertz CT molecular complexity index is 1310. The minimum atomic E-state index is -4.83. The van der Waals surface area contributed by atoms with Crippen molar-refractivity contribution < 1.29 is 17.6 Å². The van der Waals surface area contributed by atoms with Crippen LogP contribution in [0.25, 0.3) is 10.9 Å². The van der Waals surface area contributed by atoms with E-state index >= 15 is 0 Å². The van der Waals surface area contributed by atoms with Crippen molar-refractivity contribution in [3.8, 4) is 0 Å². The fourth-order valence-corrected chi connectivity index (χ4v) is 3.50. The van der Waals surface area contributed by atoms with E-state index in [2.05, 4.69) is 15.4 Å². The molecule has 0 spiro atoms. The number of fused-ring (bicyclic) bond motifs is 1. The maximum Gasteiger partial charge on any atom is 0.419 e. The SMILES string of the molecule is C[C@@H](Nc1nn(C)c(=O)c2nc(=O)n(C3(C)CC3)cc12)c1cccc(C(F)(F)F)c1F. The minimum absolute atomic E-state index is 0.104. The van der Waals surface area contributed by atoms with Gasteiger partial charge in [0, 0.05) is 24.3 Å². The van der Waals surface area contributed by atoms with Gasteiger partial charge in [0.15, 0.2) is 5.82 Å². The van der Waals surface area contributed by atoms with E-state index in [1.54, 1.807) is 0 Å². The second kappa shape index (κ2) is 6.89. The topological polar surface area (TPSA) is 81.8 Å². The van der Waals surface area contributed by atoms with Crippen molar-refractivity contribution in [2.75, 3.05) is 5.32 Å². The summed E-state index contributed by atoms with van der Waals surface area (Å²) in [6.07, 6.45) is -1.81. The number of hydrogen-bond acceptors (Lipinski definition) is 5. The molecule has 0 bridgehead atoms. The lowest BCUT2D eigenvalue weighted by atomic mass is 10.0. The molecule has 1 saturated carbocycles. The van der Waals surface area contributed by atoms with Crippen LogP contribution in [-0.4, -0.2) is 19.3 Å². The van der Waals surface area contributed by atoms with Gasteiger partial charge in [-0.25, -0.2) is 13.9 Å². The van der Waals surface area contributed by atoms with E-state index in [1.165, 1.54) is 30.8 Å². The van der Waals surface area contributed by atoms with Crippen molar-refractivity contribution in [2.24, 2.45) is 7.05 Å². The Morgan fingerprint density at radius 3 is 2.52 bits per heavy atom. The smallest absolute Gasteiger partial charge is 0.361 e. The third-order valence-corrected chi connectivity index (χ3v) is 5.64. The second-order valence-corrected chi connectivity index (χ2v) is 8.00. The zero-order chi connectivity index (χ0) is 22.7. The average molecular weight is 437 g/mol. The molecule has 1 aliphatic carbocycles. The molecule has 7 nitrogen and oxygen atoms in total. The Hall–Kier alpha value is -3.24. The standard InChI is InChI=1S/C20H19F4N5O2/c1-10(11-5-4-6-13(14(11)21)20(22,23)24)25-16-12-9-29(19(2)7-8-19)18(31)26-15(12)17(30)28(3)27-16/h4-6,9-10H,7-8H2,1-3H3,(H,25,27)/t10-/m1/s1. The number of benzene rings is 1. The van der Waals surface area contributed by atoms with Gasteiger partial charge >= 0.3 is 11.9 Å². The highest BCUT2D eigenvalue weighted by molar-refractivity contribution is 5.87. The molecule has 164 valence electrons. The van der Waals surface area contributed by atoms with Crippen LogP contribution in [0.1, 0.15) is 43.9 Å². The van der Waals surface area contributed by atoms with Crippen LogP contribution in [0.3, 0.4) is 0 Å². The van der Waals surface area contributed by atoms with Crippen LogP contribution in [0.2, 0.25) is 0 Å². The number of nitrogens with one attached hydrogen (secondary N) is 1. The summed E-state index contributed by atoms with van der Waals surface area (Å²) in [5.41, 5.74) is -3.28. The third-order valence-electron chi connectivity index (χ3n) is 5.64. The molecule has 2 aromatic heterocycles. The number of alkyl halides is 3. The number of aryl methyl sites for hydroxylation is 1. The molecule has 0 amide bonds. The van der Waals surface area contributed by atoms with Crippen molar-refractivity contribution in [1.29, 1.82) is 0 Å². The molecule has 0 aliphatic heterocycles. The summed E-state index contributed by atoms with van der Waals surface area (Å²) in [6, 6.07) is 2.11. The lowest BCUT2D eigenvalue weighted by molar-refractivity contribution is -0.140. The fraction of sp³-hybridized carbons (Fsp3) is 0.400. The van der Waals surface area contributed by atoms with E-state index in [0.29, 0.717) is 6.07 Å². The fourth-order valence-electron chi connectivity index (χ4n) is 3.50. The van der Waals surface area contributed by atoms with E-state index in [1.807, 2.05) is 6.92 Å². The summed E-state index contributed by atoms with van der Waals surface area (Å²) in [5.74, 6) is -1.28. The van der Waals surface area contributed by atoms with Gasteiger partial charge in [0.2, 0.25) is 0 Å². The Morgan fingerprint density at radius 2 is 1.90 bits per heavy atom. The third kappa shape index (κ3) is 3.57. The predicted octanol–water partition coefficient (Wildman–Crippen LogP) is 3.33. The Balaban J connectivity index is 1.83. The molecule has 1 atom stereocenters. The summed E-state index contributed by atoms with van der Waals surface area (Å²) in [6.45, 7) is 3.35. The first-order chi connectivity index (χ1) is 14.4. The highest BCUT2D eigenvalue weighted by Crippen LogP contribution is 2.42. The van der Waals surface area contributed by atoms with Gasteiger partial charge in [-0.3, -0.25) is 9.36 Å². The summed E-state index contributed by atoms with van der Waals surface area (Å²) in [5, 5.41) is 7.24. The number of anilines is 1. The van der Waals surface area contributed by atoms with Crippen LogP contribution < -0.4 is 16.6 Å². The molecular formula is C20H19F4N5O2. The number of nitrogens with zero attached hydrogens (tertiary/aromatic N) is 4. The largest absolute Gasteiger partial charge is 0.419 e. The molecule has 2 heterocycles. The summed E-state index contributed by atoms with van der Waals surface area (Å²) in [4.78, 5) is 28.8. The molecule has 1 aromatic carbocycles. The minimum Gasteiger partial charge on any atom is -0.361 e. The Labute approximate surface area is 173 Å². The van der Waals surface area contributed by atoms with Gasteiger partial charge in [0.1, 0.15) is 11.3 Å². The van der Waals surface area contributed by atoms with Gasteiger partial charge in [-0.15, -0.1) is 0 Å². The quantitative estimate of drug-likeness (QED) is 0.634. The van der Waals surface area contributed by atoms with Crippen molar-refractivity contribution in [1.82, 2.24) is 19.3 Å². The van der Waals surface area contributed by atoms with Crippen LogP contribution in [0.15, 0.2) is 34.0 Å². The monoisotopic (exact) mass is 437 g/mol. The summed E-state index contributed by atoms with van der Waals surface area (Å²) in [7, 11) is 1.36. The highest BCUT2D eigenvalue weighted by atomic mass is 19.4. The molecule has 0 unspecified atom stereocenters. The lowest BCUT2D eigenvalue weighted by Crippen LogP contribution is -2.33.